The Kier molecular flexibility index (Phi) is 4.79. The van der Waals surface area contributed by atoms with Crippen molar-refractivity contribution in [2.75, 3.05) is 5.32 Å². The van der Waals surface area contributed by atoms with E-state index in [0.717, 1.165) is 5.52 Å². The lowest BCUT2D eigenvalue weighted by Crippen LogP contribution is -2.17. The van der Waals surface area contributed by atoms with Crippen LogP contribution >= 0.6 is 0 Å². The van der Waals surface area contributed by atoms with Crippen LogP contribution in [0.4, 0.5) is 5.69 Å². The zero-order chi connectivity index (χ0) is 17.8. The number of benzene rings is 2. The van der Waals surface area contributed by atoms with Gasteiger partial charge in [-0.15, -0.1) is 0 Å². The number of hydrogen-bond acceptors (Lipinski definition) is 4. The van der Waals surface area contributed by atoms with Crippen LogP contribution in [0, 0.1) is 0 Å². The maximum absolute atomic E-state index is 12.1. The molecular formula is C19H18N2O4. The van der Waals surface area contributed by atoms with Crippen LogP contribution in [0.25, 0.3) is 11.1 Å². The van der Waals surface area contributed by atoms with Gasteiger partial charge in [0, 0.05) is 24.2 Å². The van der Waals surface area contributed by atoms with Gasteiger partial charge in [-0.05, 0) is 37.6 Å². The Balaban J connectivity index is 1.59. The Morgan fingerprint density at radius 3 is 2.72 bits per heavy atom. The van der Waals surface area contributed by atoms with E-state index in [2.05, 4.69) is 5.32 Å². The molecule has 1 amide bonds. The van der Waals surface area contributed by atoms with E-state index in [0.29, 0.717) is 29.8 Å². The van der Waals surface area contributed by atoms with Crippen molar-refractivity contribution in [2.45, 2.75) is 26.3 Å². The summed E-state index contributed by atoms with van der Waals surface area (Å²) in [4.78, 5) is 35.3. The number of carbonyl (C=O) groups is 2. The summed E-state index contributed by atoms with van der Waals surface area (Å²) in [6.07, 6.45) is 0.762. The average molecular weight is 338 g/mol. The Morgan fingerprint density at radius 2 is 1.92 bits per heavy atom. The summed E-state index contributed by atoms with van der Waals surface area (Å²) in [5, 5.41) is 2.77. The Morgan fingerprint density at radius 1 is 1.12 bits per heavy atom. The summed E-state index contributed by atoms with van der Waals surface area (Å²) >= 11 is 0. The molecule has 0 spiro atoms. The van der Waals surface area contributed by atoms with Crippen molar-refractivity contribution in [1.29, 1.82) is 0 Å². The van der Waals surface area contributed by atoms with Gasteiger partial charge >= 0.3 is 5.76 Å². The number of fused-ring (bicyclic) bond motifs is 1. The van der Waals surface area contributed by atoms with Crippen LogP contribution in [0.3, 0.4) is 0 Å². The van der Waals surface area contributed by atoms with Crippen molar-refractivity contribution in [3.63, 3.8) is 0 Å². The van der Waals surface area contributed by atoms with Crippen LogP contribution in [-0.4, -0.2) is 16.3 Å². The highest BCUT2D eigenvalue weighted by atomic mass is 16.4. The van der Waals surface area contributed by atoms with Crippen molar-refractivity contribution < 1.29 is 14.0 Å². The summed E-state index contributed by atoms with van der Waals surface area (Å²) in [6.45, 7) is 1.88. The molecule has 3 rings (SSSR count). The van der Waals surface area contributed by atoms with Gasteiger partial charge in [-0.3, -0.25) is 14.2 Å². The predicted octanol–water partition coefficient (Wildman–Crippen LogP) is 3.22. The first kappa shape index (κ1) is 16.7. The standard InChI is InChI=1S/C19H18N2O4/c1-13(22)14-6-4-7-15(12-14)20-18(23)10-5-11-21-16-8-2-3-9-17(16)25-19(21)24/h2-4,6-9,12H,5,10-11H2,1H3,(H,20,23). The van der Waals surface area contributed by atoms with E-state index >= 15 is 0 Å². The molecule has 6 nitrogen and oxygen atoms in total. The molecule has 1 heterocycles. The predicted molar refractivity (Wildman–Crippen MR) is 94.8 cm³/mol. The number of nitrogens with one attached hydrogen (secondary N) is 1. The number of hydrogen-bond donors (Lipinski definition) is 1. The summed E-state index contributed by atoms with van der Waals surface area (Å²) in [5.41, 5.74) is 2.40. The zero-order valence-corrected chi connectivity index (χ0v) is 13.8. The van der Waals surface area contributed by atoms with Gasteiger partial charge in [0.2, 0.25) is 5.91 Å². The molecule has 1 aromatic heterocycles. The minimum Gasteiger partial charge on any atom is -0.408 e. The van der Waals surface area contributed by atoms with Gasteiger partial charge in [0.1, 0.15) is 0 Å². The van der Waals surface area contributed by atoms with E-state index in [1.54, 1.807) is 36.4 Å². The molecule has 0 aliphatic carbocycles. The van der Waals surface area contributed by atoms with Crippen LogP contribution in [0.15, 0.2) is 57.7 Å². The SMILES string of the molecule is CC(=O)c1cccc(NC(=O)CCCn2c(=O)oc3ccccc32)c1. The number of nitrogens with zero attached hydrogens (tertiary/aromatic N) is 1. The van der Waals surface area contributed by atoms with E-state index < -0.39 is 5.76 Å². The highest BCUT2D eigenvalue weighted by Crippen LogP contribution is 2.14. The fourth-order valence-electron chi connectivity index (χ4n) is 2.66. The number of anilines is 1. The summed E-state index contributed by atoms with van der Waals surface area (Å²) in [7, 11) is 0. The maximum Gasteiger partial charge on any atom is 0.419 e. The first-order chi connectivity index (χ1) is 12.0. The van der Waals surface area contributed by atoms with Crippen molar-refractivity contribution in [3.05, 3.63) is 64.6 Å². The Hall–Kier alpha value is -3.15. The van der Waals surface area contributed by atoms with Crippen LogP contribution < -0.4 is 11.1 Å². The van der Waals surface area contributed by atoms with E-state index in [-0.39, 0.29) is 18.1 Å². The van der Waals surface area contributed by atoms with E-state index in [9.17, 15) is 14.4 Å². The minimum atomic E-state index is -0.421. The molecule has 0 aliphatic rings. The van der Waals surface area contributed by atoms with Gasteiger partial charge < -0.3 is 9.73 Å². The molecule has 25 heavy (non-hydrogen) atoms. The summed E-state index contributed by atoms with van der Waals surface area (Å²) in [6, 6.07) is 14.0. The zero-order valence-electron chi connectivity index (χ0n) is 13.8. The number of Topliss-reactive ketones (excluding diaryl/α,β-unsaturated/α-hetero) is 1. The van der Waals surface area contributed by atoms with Gasteiger partial charge in [0.25, 0.3) is 0 Å². The monoisotopic (exact) mass is 338 g/mol. The molecule has 6 heteroatoms. The summed E-state index contributed by atoms with van der Waals surface area (Å²) < 4.78 is 6.69. The van der Waals surface area contributed by atoms with Crippen molar-refractivity contribution in [2.24, 2.45) is 0 Å². The van der Waals surface area contributed by atoms with Crippen molar-refractivity contribution in [3.8, 4) is 0 Å². The normalized spacial score (nSPS) is 10.8. The average Bonchev–Trinajstić information content (AvgIpc) is 2.91. The number of ketones is 1. The molecule has 0 unspecified atom stereocenters. The number of para-hydroxylation sites is 2. The Bertz CT molecular complexity index is 984. The molecule has 0 radical (unpaired) electrons. The van der Waals surface area contributed by atoms with E-state index in [1.807, 2.05) is 12.1 Å². The molecule has 0 bridgehead atoms. The quantitative estimate of drug-likeness (QED) is 0.700. The molecular weight excluding hydrogens is 320 g/mol. The molecule has 1 N–H and O–H groups in total. The second kappa shape index (κ2) is 7.17. The first-order valence-corrected chi connectivity index (χ1v) is 8.04. The van der Waals surface area contributed by atoms with Crippen LogP contribution in [0.2, 0.25) is 0 Å². The smallest absolute Gasteiger partial charge is 0.408 e. The molecule has 2 aromatic carbocycles. The minimum absolute atomic E-state index is 0.0534. The number of amides is 1. The van der Waals surface area contributed by atoms with Crippen LogP contribution in [0.1, 0.15) is 30.1 Å². The lowest BCUT2D eigenvalue weighted by molar-refractivity contribution is -0.116. The number of carbonyl (C=O) groups excluding carboxylic acids is 2. The summed E-state index contributed by atoms with van der Waals surface area (Å²) in [5.74, 6) is -0.639. The maximum atomic E-state index is 12.1. The number of aromatic nitrogens is 1. The van der Waals surface area contributed by atoms with E-state index in [1.165, 1.54) is 11.5 Å². The Labute approximate surface area is 144 Å². The molecule has 0 saturated carbocycles. The highest BCUT2D eigenvalue weighted by Gasteiger charge is 2.09. The fourth-order valence-corrected chi connectivity index (χ4v) is 2.66. The van der Waals surface area contributed by atoms with Crippen molar-refractivity contribution in [1.82, 2.24) is 4.57 Å². The number of aryl methyl sites for hydroxylation is 1. The third-order valence-corrected chi connectivity index (χ3v) is 3.91. The first-order valence-electron chi connectivity index (χ1n) is 8.04. The third-order valence-electron chi connectivity index (χ3n) is 3.91. The van der Waals surface area contributed by atoms with Crippen LogP contribution in [0.5, 0.6) is 0 Å². The molecule has 0 saturated heterocycles. The van der Waals surface area contributed by atoms with Gasteiger partial charge in [-0.25, -0.2) is 4.79 Å². The van der Waals surface area contributed by atoms with E-state index in [4.69, 9.17) is 4.42 Å². The second-order valence-electron chi connectivity index (χ2n) is 5.78. The number of oxazole rings is 1. The highest BCUT2D eigenvalue weighted by molar-refractivity contribution is 5.97. The van der Waals surface area contributed by atoms with Gasteiger partial charge in [-0.2, -0.15) is 0 Å². The molecule has 128 valence electrons. The third kappa shape index (κ3) is 3.85. The molecule has 0 aliphatic heterocycles. The topological polar surface area (TPSA) is 81.3 Å². The van der Waals surface area contributed by atoms with Crippen molar-refractivity contribution >= 4 is 28.5 Å². The molecule has 3 aromatic rings. The van der Waals surface area contributed by atoms with Gasteiger partial charge in [0.15, 0.2) is 11.4 Å². The van der Waals surface area contributed by atoms with Gasteiger partial charge in [-0.1, -0.05) is 24.3 Å². The van der Waals surface area contributed by atoms with Gasteiger partial charge in [0.05, 0.1) is 5.52 Å². The lowest BCUT2D eigenvalue weighted by Gasteiger charge is -2.07. The second-order valence-corrected chi connectivity index (χ2v) is 5.78. The molecule has 0 atom stereocenters. The van der Waals surface area contributed by atoms with Crippen LogP contribution in [-0.2, 0) is 11.3 Å². The lowest BCUT2D eigenvalue weighted by atomic mass is 10.1. The molecule has 0 fully saturated rings. The largest absolute Gasteiger partial charge is 0.419 e. The fraction of sp³-hybridized carbons (Fsp3) is 0.211. The number of rotatable bonds is 6.